The van der Waals surface area contributed by atoms with Gasteiger partial charge in [0.25, 0.3) is 5.91 Å². The molecule has 0 saturated heterocycles. The molecule has 170 valence electrons. The number of anilines is 2. The predicted molar refractivity (Wildman–Crippen MR) is 125 cm³/mol. The molecule has 8 nitrogen and oxygen atoms in total. The Bertz CT molecular complexity index is 1300. The second kappa shape index (κ2) is 9.22. The number of rotatable bonds is 7. The number of aromatic hydroxyl groups is 1. The number of phenolic OH excluding ortho intramolecular Hbond substituents is 1. The first-order valence-corrected chi connectivity index (χ1v) is 12.0. The molecular formula is C22H24ClN3O5S. The van der Waals surface area contributed by atoms with Crippen molar-refractivity contribution in [3.8, 4) is 5.75 Å². The number of sulfone groups is 1. The molecule has 0 radical (unpaired) electrons. The van der Waals surface area contributed by atoms with Crippen LogP contribution in [0.15, 0.2) is 41.3 Å². The van der Waals surface area contributed by atoms with Crippen LogP contribution in [0.1, 0.15) is 37.7 Å². The van der Waals surface area contributed by atoms with Crippen LogP contribution in [-0.4, -0.2) is 36.1 Å². The van der Waals surface area contributed by atoms with Gasteiger partial charge in [0.2, 0.25) is 5.91 Å². The molecule has 0 atom stereocenters. The molecule has 2 amide bonds. The first-order valence-electron chi connectivity index (χ1n) is 9.99. The Morgan fingerprint density at radius 3 is 2.38 bits per heavy atom. The average Bonchev–Trinajstić information content (AvgIpc) is 3.13. The number of H-pyrrole nitrogens is 1. The summed E-state index contributed by atoms with van der Waals surface area (Å²) in [5, 5.41) is 16.9. The van der Waals surface area contributed by atoms with Gasteiger partial charge in [-0.15, -0.1) is 0 Å². The number of amides is 2. The molecule has 1 heterocycles. The van der Waals surface area contributed by atoms with Crippen molar-refractivity contribution in [3.63, 3.8) is 0 Å². The van der Waals surface area contributed by atoms with Crippen LogP contribution in [-0.2, 0) is 14.6 Å². The van der Waals surface area contributed by atoms with E-state index in [0.717, 1.165) is 5.39 Å². The van der Waals surface area contributed by atoms with Gasteiger partial charge in [0.15, 0.2) is 15.6 Å². The molecule has 0 bridgehead atoms. The van der Waals surface area contributed by atoms with Crippen LogP contribution in [0.25, 0.3) is 10.9 Å². The Morgan fingerprint density at radius 2 is 1.75 bits per heavy atom. The maximum atomic E-state index is 12.8. The highest BCUT2D eigenvalue weighted by Gasteiger charge is 2.21. The fourth-order valence-electron chi connectivity index (χ4n) is 3.13. The zero-order valence-electron chi connectivity index (χ0n) is 17.8. The van der Waals surface area contributed by atoms with E-state index in [2.05, 4.69) is 15.6 Å². The average molecular weight is 478 g/mol. The molecule has 0 aliphatic carbocycles. The summed E-state index contributed by atoms with van der Waals surface area (Å²) in [5.74, 6) is -1.55. The van der Waals surface area contributed by atoms with Gasteiger partial charge in [-0.2, -0.15) is 0 Å². The van der Waals surface area contributed by atoms with Gasteiger partial charge in [0, 0.05) is 22.3 Å². The van der Waals surface area contributed by atoms with Crippen LogP contribution < -0.4 is 10.6 Å². The lowest BCUT2D eigenvalue weighted by molar-refractivity contribution is -0.116. The van der Waals surface area contributed by atoms with E-state index in [0.29, 0.717) is 10.5 Å². The van der Waals surface area contributed by atoms with E-state index in [1.165, 1.54) is 19.1 Å². The predicted octanol–water partition coefficient (Wildman–Crippen LogP) is 4.56. The van der Waals surface area contributed by atoms with Crippen molar-refractivity contribution in [2.24, 2.45) is 5.92 Å². The van der Waals surface area contributed by atoms with E-state index >= 15 is 0 Å². The van der Waals surface area contributed by atoms with Crippen molar-refractivity contribution in [2.75, 3.05) is 16.4 Å². The van der Waals surface area contributed by atoms with E-state index in [-0.39, 0.29) is 46.0 Å². The fraction of sp³-hybridized carbons (Fsp3) is 0.273. The van der Waals surface area contributed by atoms with Crippen molar-refractivity contribution in [2.45, 2.75) is 32.1 Å². The summed E-state index contributed by atoms with van der Waals surface area (Å²) >= 11 is 5.98. The van der Waals surface area contributed by atoms with Gasteiger partial charge >= 0.3 is 0 Å². The Labute approximate surface area is 190 Å². The van der Waals surface area contributed by atoms with Crippen molar-refractivity contribution in [1.82, 2.24) is 4.98 Å². The van der Waals surface area contributed by atoms with E-state index in [1.807, 2.05) is 13.8 Å². The molecule has 3 rings (SSSR count). The number of aromatic nitrogens is 1. The molecule has 0 unspecified atom stereocenters. The summed E-state index contributed by atoms with van der Waals surface area (Å²) < 4.78 is 24.9. The minimum Gasteiger partial charge on any atom is -0.504 e. The van der Waals surface area contributed by atoms with Gasteiger partial charge in [0.05, 0.1) is 22.0 Å². The number of nitrogens with one attached hydrogen (secondary N) is 3. The highest BCUT2D eigenvalue weighted by atomic mass is 35.5. The molecule has 10 heteroatoms. The summed E-state index contributed by atoms with van der Waals surface area (Å²) in [4.78, 5) is 27.8. The zero-order chi connectivity index (χ0) is 23.6. The minimum absolute atomic E-state index is 0.0642. The van der Waals surface area contributed by atoms with Crippen molar-refractivity contribution in [3.05, 3.63) is 47.1 Å². The Hall–Kier alpha value is -3.04. The molecule has 0 aliphatic rings. The molecule has 0 fully saturated rings. The Balaban J connectivity index is 1.99. The molecule has 2 aromatic carbocycles. The smallest absolute Gasteiger partial charge is 0.272 e. The van der Waals surface area contributed by atoms with Gasteiger partial charge in [-0.25, -0.2) is 8.42 Å². The molecule has 3 aromatic rings. The van der Waals surface area contributed by atoms with Gasteiger partial charge in [-0.05, 0) is 42.3 Å². The van der Waals surface area contributed by atoms with E-state index in [1.54, 1.807) is 24.3 Å². The SMILES string of the molecule is CCS(=O)(=O)c1cc(NC(=O)CC(C)C)c(O)c(NC(=O)c2cc3cc(Cl)ccc3[nH]2)c1. The van der Waals surface area contributed by atoms with E-state index in [9.17, 15) is 23.1 Å². The number of carbonyl (C=O) groups excluding carboxylic acids is 2. The highest BCUT2D eigenvalue weighted by molar-refractivity contribution is 7.91. The number of halogens is 1. The number of phenols is 1. The molecule has 0 saturated carbocycles. The normalized spacial score (nSPS) is 11.7. The third kappa shape index (κ3) is 5.23. The lowest BCUT2D eigenvalue weighted by Crippen LogP contribution is -2.17. The number of carbonyl (C=O) groups is 2. The van der Waals surface area contributed by atoms with Gasteiger partial charge in [0.1, 0.15) is 5.69 Å². The van der Waals surface area contributed by atoms with Gasteiger partial charge in [-0.1, -0.05) is 32.4 Å². The second-order valence-corrected chi connectivity index (χ2v) is 10.5. The van der Waals surface area contributed by atoms with E-state index < -0.39 is 21.5 Å². The standard InChI is InChI=1S/C22H24ClN3O5S/c1-4-32(30,31)15-10-17(25-20(27)7-12(2)3)21(28)18(11-15)26-22(29)19-9-13-8-14(23)5-6-16(13)24-19/h5-6,8-12,24,28H,4,7H2,1-3H3,(H,25,27)(H,26,29). The van der Waals surface area contributed by atoms with Crippen LogP contribution in [0.2, 0.25) is 5.02 Å². The molecule has 0 aliphatic heterocycles. The molecular weight excluding hydrogens is 454 g/mol. The van der Waals surface area contributed by atoms with Crippen LogP contribution in [0.3, 0.4) is 0 Å². The third-order valence-electron chi connectivity index (χ3n) is 4.77. The van der Waals surface area contributed by atoms with Crippen LogP contribution >= 0.6 is 11.6 Å². The van der Waals surface area contributed by atoms with Gasteiger partial charge in [-0.3, -0.25) is 9.59 Å². The van der Waals surface area contributed by atoms with Crippen LogP contribution in [0, 0.1) is 5.92 Å². The summed E-state index contributed by atoms with van der Waals surface area (Å²) in [6.45, 7) is 5.19. The summed E-state index contributed by atoms with van der Waals surface area (Å²) in [5.41, 5.74) is 0.647. The molecule has 0 spiro atoms. The number of benzene rings is 2. The topological polar surface area (TPSA) is 128 Å². The van der Waals surface area contributed by atoms with Crippen molar-refractivity contribution < 1.29 is 23.1 Å². The maximum absolute atomic E-state index is 12.8. The number of fused-ring (bicyclic) bond motifs is 1. The lowest BCUT2D eigenvalue weighted by atomic mass is 10.1. The number of hydrogen-bond acceptors (Lipinski definition) is 5. The minimum atomic E-state index is -3.68. The Morgan fingerprint density at radius 1 is 1.09 bits per heavy atom. The summed E-state index contributed by atoms with van der Waals surface area (Å²) in [6, 6.07) is 9.04. The zero-order valence-corrected chi connectivity index (χ0v) is 19.4. The molecule has 4 N–H and O–H groups in total. The van der Waals surface area contributed by atoms with Crippen molar-refractivity contribution in [1.29, 1.82) is 0 Å². The third-order valence-corrected chi connectivity index (χ3v) is 6.72. The van der Waals surface area contributed by atoms with Gasteiger partial charge < -0.3 is 20.7 Å². The van der Waals surface area contributed by atoms with Crippen LogP contribution in [0.4, 0.5) is 11.4 Å². The first kappa shape index (κ1) is 23.6. The van der Waals surface area contributed by atoms with Crippen LogP contribution in [0.5, 0.6) is 5.75 Å². The number of hydrogen-bond donors (Lipinski definition) is 4. The lowest BCUT2D eigenvalue weighted by Gasteiger charge is -2.15. The second-order valence-electron chi connectivity index (χ2n) is 7.79. The van der Waals surface area contributed by atoms with Crippen molar-refractivity contribution >= 4 is 55.5 Å². The highest BCUT2D eigenvalue weighted by Crippen LogP contribution is 2.36. The molecule has 32 heavy (non-hydrogen) atoms. The first-order chi connectivity index (χ1) is 15.0. The monoisotopic (exact) mass is 477 g/mol. The molecule has 1 aromatic heterocycles. The van der Waals surface area contributed by atoms with E-state index in [4.69, 9.17) is 11.6 Å². The number of aromatic amines is 1. The summed E-state index contributed by atoms with van der Waals surface area (Å²) in [6.07, 6.45) is 0.184. The largest absolute Gasteiger partial charge is 0.504 e. The Kier molecular flexibility index (Phi) is 6.80. The fourth-order valence-corrected chi connectivity index (χ4v) is 4.24. The quantitative estimate of drug-likeness (QED) is 0.371. The summed E-state index contributed by atoms with van der Waals surface area (Å²) in [7, 11) is -3.68. The maximum Gasteiger partial charge on any atom is 0.272 e.